The zero-order chi connectivity index (χ0) is 12.2. The van der Waals surface area contributed by atoms with Crippen molar-refractivity contribution in [3.05, 3.63) is 0 Å². The molecule has 0 aliphatic heterocycles. The van der Waals surface area contributed by atoms with E-state index in [0.29, 0.717) is 0 Å². The molecule has 98 valence electrons. The maximum atomic E-state index is 8.71. The van der Waals surface area contributed by atoms with Crippen LogP contribution in [0.5, 0.6) is 0 Å². The molecule has 0 aromatic carbocycles. The Morgan fingerprint density at radius 3 is 1.44 bits per heavy atom. The third kappa shape index (κ3) is 11.0. The molecule has 0 unspecified atom stereocenters. The molecule has 0 aliphatic rings. The van der Waals surface area contributed by atoms with Crippen LogP contribution in [0, 0.1) is 0 Å². The Balaban J connectivity index is 3.15. The highest BCUT2D eigenvalue weighted by molar-refractivity contribution is 8.76. The van der Waals surface area contributed by atoms with Crippen LogP contribution in [0.2, 0.25) is 0 Å². The Morgan fingerprint density at radius 2 is 1.12 bits per heavy atom. The van der Waals surface area contributed by atoms with Crippen molar-refractivity contribution in [3.63, 3.8) is 0 Å². The molecule has 4 nitrogen and oxygen atoms in total. The van der Waals surface area contributed by atoms with Gasteiger partial charge in [-0.15, -0.1) is 0 Å². The van der Waals surface area contributed by atoms with Crippen molar-refractivity contribution in [2.45, 2.75) is 0 Å². The van der Waals surface area contributed by atoms with Crippen LogP contribution in [0.3, 0.4) is 0 Å². The van der Waals surface area contributed by atoms with E-state index in [1.165, 1.54) is 0 Å². The second kappa shape index (κ2) is 12.0. The molecular formula is C10H24N2O2S2. The van der Waals surface area contributed by atoms with Gasteiger partial charge in [-0.2, -0.15) is 0 Å². The van der Waals surface area contributed by atoms with E-state index in [0.717, 1.165) is 37.7 Å². The zero-order valence-corrected chi connectivity index (χ0v) is 11.9. The van der Waals surface area contributed by atoms with E-state index in [1.807, 2.05) is 35.7 Å². The number of aliphatic hydroxyl groups excluding tert-OH is 2. The lowest BCUT2D eigenvalue weighted by atomic mass is 10.5. The van der Waals surface area contributed by atoms with Gasteiger partial charge in [-0.1, -0.05) is 21.6 Å². The van der Waals surface area contributed by atoms with E-state index < -0.39 is 0 Å². The minimum absolute atomic E-state index is 0.236. The summed E-state index contributed by atoms with van der Waals surface area (Å²) >= 11 is 0. The van der Waals surface area contributed by atoms with Crippen molar-refractivity contribution in [1.29, 1.82) is 0 Å². The fourth-order valence-corrected chi connectivity index (χ4v) is 3.23. The normalized spacial score (nSPS) is 11.6. The molecule has 0 heterocycles. The van der Waals surface area contributed by atoms with Gasteiger partial charge in [-0.25, -0.2) is 0 Å². The lowest BCUT2D eigenvalue weighted by Crippen LogP contribution is -2.25. The van der Waals surface area contributed by atoms with Crippen molar-refractivity contribution in [2.24, 2.45) is 0 Å². The lowest BCUT2D eigenvalue weighted by Gasteiger charge is -2.15. The molecule has 0 atom stereocenters. The molecule has 16 heavy (non-hydrogen) atoms. The highest BCUT2D eigenvalue weighted by Crippen LogP contribution is 2.20. The fourth-order valence-electron chi connectivity index (χ4n) is 1.07. The third-order valence-electron chi connectivity index (χ3n) is 2.16. The van der Waals surface area contributed by atoms with Gasteiger partial charge in [0.25, 0.3) is 0 Å². The van der Waals surface area contributed by atoms with Crippen molar-refractivity contribution >= 4 is 21.6 Å². The Morgan fingerprint density at radius 1 is 0.750 bits per heavy atom. The second-order valence-electron chi connectivity index (χ2n) is 3.70. The molecule has 0 fully saturated rings. The number of likely N-dealkylation sites (N-methyl/N-ethyl adjacent to an activating group) is 2. The first-order valence-corrected chi connectivity index (χ1v) is 8.02. The molecule has 0 saturated carbocycles. The van der Waals surface area contributed by atoms with Crippen LogP contribution in [-0.4, -0.2) is 85.0 Å². The van der Waals surface area contributed by atoms with Crippen LogP contribution in [0.4, 0.5) is 0 Å². The average Bonchev–Trinajstić information content (AvgIpc) is 2.24. The molecule has 0 aromatic rings. The molecule has 0 aromatic heterocycles. The summed E-state index contributed by atoms with van der Waals surface area (Å²) in [5.74, 6) is 2.18. The van der Waals surface area contributed by atoms with Gasteiger partial charge < -0.3 is 20.0 Å². The molecule has 0 amide bonds. The molecule has 0 aliphatic carbocycles. The van der Waals surface area contributed by atoms with E-state index in [9.17, 15) is 0 Å². The maximum Gasteiger partial charge on any atom is 0.0558 e. The number of hydrogen-bond donors (Lipinski definition) is 2. The summed E-state index contributed by atoms with van der Waals surface area (Å²) in [6, 6.07) is 0. The van der Waals surface area contributed by atoms with Gasteiger partial charge in [-0.05, 0) is 14.1 Å². The summed E-state index contributed by atoms with van der Waals surface area (Å²) in [5.41, 5.74) is 0. The first kappa shape index (κ1) is 16.5. The van der Waals surface area contributed by atoms with Crippen molar-refractivity contribution < 1.29 is 10.2 Å². The summed E-state index contributed by atoms with van der Waals surface area (Å²) in [6.45, 7) is 4.02. The fraction of sp³-hybridized carbons (Fsp3) is 1.00. The first-order chi connectivity index (χ1) is 7.70. The van der Waals surface area contributed by atoms with Gasteiger partial charge in [0, 0.05) is 37.7 Å². The van der Waals surface area contributed by atoms with Crippen molar-refractivity contribution in [2.75, 3.05) is 65.0 Å². The summed E-state index contributed by atoms with van der Waals surface area (Å²) in [6.07, 6.45) is 0. The van der Waals surface area contributed by atoms with E-state index in [1.54, 1.807) is 0 Å². The zero-order valence-electron chi connectivity index (χ0n) is 10.3. The van der Waals surface area contributed by atoms with Gasteiger partial charge in [0.05, 0.1) is 13.2 Å². The van der Waals surface area contributed by atoms with Crippen molar-refractivity contribution in [1.82, 2.24) is 9.80 Å². The molecule has 0 spiro atoms. The minimum Gasteiger partial charge on any atom is -0.395 e. The Labute approximate surface area is 107 Å². The van der Waals surface area contributed by atoms with Crippen LogP contribution < -0.4 is 0 Å². The van der Waals surface area contributed by atoms with Gasteiger partial charge in [0.15, 0.2) is 0 Å². The minimum atomic E-state index is 0.236. The highest BCUT2D eigenvalue weighted by atomic mass is 33.1. The third-order valence-corrected chi connectivity index (χ3v) is 4.52. The molecule has 0 rings (SSSR count). The van der Waals surface area contributed by atoms with Gasteiger partial charge in [0.2, 0.25) is 0 Å². The first-order valence-electron chi connectivity index (χ1n) is 5.54. The maximum absolute atomic E-state index is 8.71. The molecule has 0 radical (unpaired) electrons. The highest BCUT2D eigenvalue weighted by Gasteiger charge is 1.99. The van der Waals surface area contributed by atoms with Crippen molar-refractivity contribution in [3.8, 4) is 0 Å². The standard InChI is InChI=1S/C10H24N2O2S2/c1-11(3-7-13)5-9-15-16-10-6-12(2)4-8-14/h13-14H,3-10H2,1-2H3. The van der Waals surface area contributed by atoms with E-state index >= 15 is 0 Å². The number of nitrogens with zero attached hydrogens (tertiary/aromatic N) is 2. The Kier molecular flexibility index (Phi) is 12.4. The van der Waals surface area contributed by atoms with Gasteiger partial charge in [-0.3, -0.25) is 0 Å². The van der Waals surface area contributed by atoms with Crippen LogP contribution in [0.1, 0.15) is 0 Å². The SMILES string of the molecule is CN(CCO)CCSSCCN(C)CCO. The Hall–Kier alpha value is 0.540. The largest absolute Gasteiger partial charge is 0.395 e. The molecular weight excluding hydrogens is 244 g/mol. The average molecular weight is 268 g/mol. The molecule has 6 heteroatoms. The molecule has 2 N–H and O–H groups in total. The summed E-state index contributed by atoms with van der Waals surface area (Å²) in [4.78, 5) is 4.26. The van der Waals surface area contributed by atoms with E-state index in [2.05, 4.69) is 9.80 Å². The number of hydrogen-bond acceptors (Lipinski definition) is 6. The molecule has 0 bridgehead atoms. The number of rotatable bonds is 11. The summed E-state index contributed by atoms with van der Waals surface area (Å²) < 4.78 is 0. The summed E-state index contributed by atoms with van der Waals surface area (Å²) in [7, 11) is 7.79. The van der Waals surface area contributed by atoms with E-state index in [4.69, 9.17) is 10.2 Å². The summed E-state index contributed by atoms with van der Waals surface area (Å²) in [5, 5.41) is 17.4. The predicted octanol–water partition coefficient (Wildman–Crippen LogP) is 0.216. The number of aliphatic hydroxyl groups is 2. The van der Waals surface area contributed by atoms with Crippen LogP contribution in [0.25, 0.3) is 0 Å². The van der Waals surface area contributed by atoms with Gasteiger partial charge >= 0.3 is 0 Å². The van der Waals surface area contributed by atoms with E-state index in [-0.39, 0.29) is 13.2 Å². The van der Waals surface area contributed by atoms with Crippen LogP contribution in [0.15, 0.2) is 0 Å². The lowest BCUT2D eigenvalue weighted by molar-refractivity contribution is 0.228. The van der Waals surface area contributed by atoms with Crippen LogP contribution in [-0.2, 0) is 0 Å². The quantitative estimate of drug-likeness (QED) is 0.413. The van der Waals surface area contributed by atoms with Gasteiger partial charge in [0.1, 0.15) is 0 Å². The Bertz CT molecular complexity index is 137. The van der Waals surface area contributed by atoms with Crippen LogP contribution >= 0.6 is 21.6 Å². The molecule has 0 saturated heterocycles. The predicted molar refractivity (Wildman–Crippen MR) is 74.1 cm³/mol. The second-order valence-corrected chi connectivity index (χ2v) is 6.40. The topological polar surface area (TPSA) is 46.9 Å². The smallest absolute Gasteiger partial charge is 0.0558 e. The monoisotopic (exact) mass is 268 g/mol.